The topological polar surface area (TPSA) is 86.8 Å². The number of nitrogens with one attached hydrogen (secondary N) is 1. The van der Waals surface area contributed by atoms with Crippen LogP contribution in [0.5, 0.6) is 0 Å². The zero-order chi connectivity index (χ0) is 29.4. The smallest absolute Gasteiger partial charge is 0.264 e. The lowest BCUT2D eigenvalue weighted by Crippen LogP contribution is -2.53. The summed E-state index contributed by atoms with van der Waals surface area (Å²) in [6, 6.07) is 18.8. The number of amides is 2. The highest BCUT2D eigenvalue weighted by atomic mass is 35.5. The predicted octanol–water partition coefficient (Wildman–Crippen LogP) is 6.22. The Morgan fingerprint density at radius 3 is 2.12 bits per heavy atom. The summed E-state index contributed by atoms with van der Waals surface area (Å²) in [5, 5.41) is 3.67. The van der Waals surface area contributed by atoms with Crippen LogP contribution >= 0.6 is 23.2 Å². The Morgan fingerprint density at radius 2 is 1.55 bits per heavy atom. The molecule has 214 valence electrons. The quantitative estimate of drug-likeness (QED) is 0.266. The molecule has 0 fully saturated rings. The van der Waals surface area contributed by atoms with Crippen LogP contribution in [0.2, 0.25) is 10.0 Å². The van der Waals surface area contributed by atoms with Crippen molar-refractivity contribution in [1.82, 2.24) is 10.2 Å². The van der Waals surface area contributed by atoms with Crippen molar-refractivity contribution in [2.45, 2.75) is 64.1 Å². The van der Waals surface area contributed by atoms with Crippen molar-refractivity contribution in [3.05, 3.63) is 94.0 Å². The molecule has 2 atom stereocenters. The van der Waals surface area contributed by atoms with Crippen molar-refractivity contribution in [3.63, 3.8) is 0 Å². The van der Waals surface area contributed by atoms with Crippen LogP contribution in [0.15, 0.2) is 77.7 Å². The summed E-state index contributed by atoms with van der Waals surface area (Å²) < 4.78 is 28.7. The van der Waals surface area contributed by atoms with Gasteiger partial charge in [0.25, 0.3) is 10.0 Å². The first kappa shape index (κ1) is 31.5. The van der Waals surface area contributed by atoms with E-state index in [1.807, 2.05) is 52.0 Å². The van der Waals surface area contributed by atoms with E-state index in [1.165, 1.54) is 35.2 Å². The maximum Gasteiger partial charge on any atom is 0.264 e. The second-order valence-electron chi connectivity index (χ2n) is 9.69. The van der Waals surface area contributed by atoms with Crippen molar-refractivity contribution < 1.29 is 18.0 Å². The summed E-state index contributed by atoms with van der Waals surface area (Å²) in [5.41, 5.74) is 2.11. The lowest BCUT2D eigenvalue weighted by molar-refractivity contribution is -0.140. The number of hydrogen-bond donors (Lipinski definition) is 1. The molecule has 0 saturated heterocycles. The van der Waals surface area contributed by atoms with Gasteiger partial charge in [-0.05, 0) is 74.7 Å². The highest BCUT2D eigenvalue weighted by molar-refractivity contribution is 7.92. The number of aryl methyl sites for hydroxylation is 1. The molecule has 3 aromatic rings. The van der Waals surface area contributed by atoms with E-state index >= 15 is 0 Å². The van der Waals surface area contributed by atoms with Crippen LogP contribution in [0.3, 0.4) is 0 Å². The molecule has 3 aromatic carbocycles. The van der Waals surface area contributed by atoms with Gasteiger partial charge in [-0.25, -0.2) is 8.42 Å². The molecule has 10 heteroatoms. The molecule has 7 nitrogen and oxygen atoms in total. The van der Waals surface area contributed by atoms with Crippen LogP contribution in [-0.2, 0) is 26.2 Å². The normalized spacial score (nSPS) is 12.8. The van der Waals surface area contributed by atoms with Crippen molar-refractivity contribution in [1.29, 1.82) is 0 Å². The second-order valence-corrected chi connectivity index (χ2v) is 12.4. The Hall–Kier alpha value is -3.07. The minimum Gasteiger partial charge on any atom is -0.352 e. The molecule has 0 aliphatic rings. The SMILES string of the molecule is CC[C@@H](C)NC(=O)[C@H](CC)N(Cc1ccc(C)cc1)C(=O)CN(c1cccc(Cl)c1)S(=O)(=O)c1ccc(Cl)cc1. The number of halogens is 2. The lowest BCUT2D eigenvalue weighted by atomic mass is 10.1. The highest BCUT2D eigenvalue weighted by Crippen LogP contribution is 2.27. The van der Waals surface area contributed by atoms with Gasteiger partial charge in [0.1, 0.15) is 12.6 Å². The van der Waals surface area contributed by atoms with E-state index in [1.54, 1.807) is 18.2 Å². The number of rotatable bonds is 12. The van der Waals surface area contributed by atoms with E-state index in [4.69, 9.17) is 23.2 Å². The van der Waals surface area contributed by atoms with E-state index in [9.17, 15) is 18.0 Å². The maximum absolute atomic E-state index is 14.1. The first-order valence-corrected chi connectivity index (χ1v) is 15.3. The van der Waals surface area contributed by atoms with Gasteiger partial charge in [0.05, 0.1) is 10.6 Å². The molecule has 0 aliphatic carbocycles. The van der Waals surface area contributed by atoms with E-state index < -0.39 is 28.5 Å². The minimum atomic E-state index is -4.20. The molecule has 2 amide bonds. The number of anilines is 1. The number of benzene rings is 3. The largest absolute Gasteiger partial charge is 0.352 e. The monoisotopic (exact) mass is 603 g/mol. The summed E-state index contributed by atoms with van der Waals surface area (Å²) in [4.78, 5) is 28.8. The second kappa shape index (κ2) is 14.0. The summed E-state index contributed by atoms with van der Waals surface area (Å²) in [7, 11) is -4.20. The lowest BCUT2D eigenvalue weighted by Gasteiger charge is -2.33. The number of sulfonamides is 1. The molecule has 1 N–H and O–H groups in total. The number of carbonyl (C=O) groups is 2. The van der Waals surface area contributed by atoms with Gasteiger partial charge in [-0.3, -0.25) is 13.9 Å². The van der Waals surface area contributed by atoms with E-state index in [2.05, 4.69) is 5.32 Å². The third-order valence-electron chi connectivity index (χ3n) is 6.64. The van der Waals surface area contributed by atoms with Gasteiger partial charge < -0.3 is 10.2 Å². The third kappa shape index (κ3) is 7.99. The molecule has 40 heavy (non-hydrogen) atoms. The zero-order valence-electron chi connectivity index (χ0n) is 23.1. The number of nitrogens with zero attached hydrogens (tertiary/aromatic N) is 2. The molecule has 0 spiro atoms. The fourth-order valence-corrected chi connectivity index (χ4v) is 5.86. The molecule has 0 heterocycles. The maximum atomic E-state index is 14.1. The third-order valence-corrected chi connectivity index (χ3v) is 8.91. The minimum absolute atomic E-state index is 0.0312. The van der Waals surface area contributed by atoms with E-state index in [0.717, 1.165) is 21.9 Å². The molecule has 0 aliphatic heterocycles. The van der Waals surface area contributed by atoms with Gasteiger partial charge in [-0.2, -0.15) is 0 Å². The van der Waals surface area contributed by atoms with Crippen LogP contribution in [-0.4, -0.2) is 43.8 Å². The molecule has 0 unspecified atom stereocenters. The Morgan fingerprint density at radius 1 is 0.900 bits per heavy atom. The predicted molar refractivity (Wildman–Crippen MR) is 161 cm³/mol. The van der Waals surface area contributed by atoms with Gasteiger partial charge in [0.15, 0.2) is 0 Å². The molecule has 0 radical (unpaired) electrons. The molecule has 3 rings (SSSR count). The van der Waals surface area contributed by atoms with Crippen LogP contribution in [0.1, 0.15) is 44.7 Å². The van der Waals surface area contributed by atoms with Gasteiger partial charge >= 0.3 is 0 Å². The Balaban J connectivity index is 2.05. The van der Waals surface area contributed by atoms with Crippen molar-refractivity contribution in [2.24, 2.45) is 0 Å². The van der Waals surface area contributed by atoms with Crippen LogP contribution in [0.25, 0.3) is 0 Å². The molecule has 0 bridgehead atoms. The number of hydrogen-bond acceptors (Lipinski definition) is 4. The van der Waals surface area contributed by atoms with E-state index in [0.29, 0.717) is 16.5 Å². The van der Waals surface area contributed by atoms with Gasteiger partial charge in [0.2, 0.25) is 11.8 Å². The Bertz CT molecular complexity index is 1410. The zero-order valence-corrected chi connectivity index (χ0v) is 25.4. The fourth-order valence-electron chi connectivity index (χ4n) is 4.14. The Labute approximate surface area is 247 Å². The van der Waals surface area contributed by atoms with E-state index in [-0.39, 0.29) is 29.1 Å². The van der Waals surface area contributed by atoms with Crippen LogP contribution < -0.4 is 9.62 Å². The van der Waals surface area contributed by atoms with Crippen molar-refractivity contribution in [2.75, 3.05) is 10.8 Å². The average Bonchev–Trinajstić information content (AvgIpc) is 2.92. The van der Waals surface area contributed by atoms with Crippen molar-refractivity contribution in [3.8, 4) is 0 Å². The van der Waals surface area contributed by atoms with Crippen LogP contribution in [0, 0.1) is 6.92 Å². The first-order valence-electron chi connectivity index (χ1n) is 13.2. The summed E-state index contributed by atoms with van der Waals surface area (Å²) in [5.74, 6) is -0.809. The average molecular weight is 605 g/mol. The summed E-state index contributed by atoms with van der Waals surface area (Å²) in [6.45, 7) is 7.25. The molecule has 0 aromatic heterocycles. The van der Waals surface area contributed by atoms with Crippen molar-refractivity contribution >= 4 is 50.7 Å². The molecular formula is C30H35Cl2N3O4S. The van der Waals surface area contributed by atoms with Gasteiger partial charge in [-0.15, -0.1) is 0 Å². The Kier molecular flexibility index (Phi) is 11.0. The molecular weight excluding hydrogens is 569 g/mol. The van der Waals surface area contributed by atoms with Crippen LogP contribution in [0.4, 0.5) is 5.69 Å². The highest BCUT2D eigenvalue weighted by Gasteiger charge is 2.34. The number of carbonyl (C=O) groups excluding carboxylic acids is 2. The first-order chi connectivity index (χ1) is 19.0. The van der Waals surface area contributed by atoms with Gasteiger partial charge in [0, 0.05) is 22.6 Å². The molecule has 0 saturated carbocycles. The van der Waals surface area contributed by atoms with Gasteiger partial charge in [-0.1, -0.05) is 72.9 Å². The standard InChI is InChI=1S/C30H35Cl2N3O4S/c1-5-22(4)33-30(37)28(6-2)34(19-23-12-10-21(3)11-13-23)29(36)20-35(26-9-7-8-25(32)18-26)40(38,39)27-16-14-24(31)15-17-27/h7-18,22,28H,5-6,19-20H2,1-4H3,(H,33,37)/t22-,28+/m1/s1. The summed E-state index contributed by atoms with van der Waals surface area (Å²) >= 11 is 12.2. The fraction of sp³-hybridized carbons (Fsp3) is 0.333. The summed E-state index contributed by atoms with van der Waals surface area (Å²) in [6.07, 6.45) is 1.08.